The molecule has 0 aliphatic carbocycles. The van der Waals surface area contributed by atoms with Crippen molar-refractivity contribution in [2.45, 2.75) is 10.3 Å². The summed E-state index contributed by atoms with van der Waals surface area (Å²) < 4.78 is 27.2. The average molecular weight is 456 g/mol. The molecule has 31 heavy (non-hydrogen) atoms. The molecule has 0 atom stereocenters. The number of carbonyl (C=O) groups excluding carboxylic acids is 1. The number of piperazine rings is 1. The Hall–Kier alpha value is -2.52. The number of nitrogens with one attached hydrogen (secondary N) is 1. The first-order valence-electron chi connectivity index (χ1n) is 10.2. The second kappa shape index (κ2) is 9.74. The van der Waals surface area contributed by atoms with E-state index in [0.717, 1.165) is 24.4 Å². The van der Waals surface area contributed by atoms with Gasteiger partial charge in [-0.15, -0.1) is 11.3 Å². The highest BCUT2D eigenvalue weighted by Crippen LogP contribution is 2.29. The predicted molar refractivity (Wildman–Crippen MR) is 122 cm³/mol. The van der Waals surface area contributed by atoms with Crippen LogP contribution < -0.4 is 4.72 Å². The number of carbonyl (C=O) groups is 1. The van der Waals surface area contributed by atoms with Gasteiger partial charge in [0, 0.05) is 26.2 Å². The van der Waals surface area contributed by atoms with Crippen LogP contribution in [0.15, 0.2) is 82.4 Å². The van der Waals surface area contributed by atoms with E-state index in [9.17, 15) is 13.2 Å². The summed E-state index contributed by atoms with van der Waals surface area (Å²) in [6.07, 6.45) is 0. The number of amides is 1. The minimum absolute atomic E-state index is 0.122. The van der Waals surface area contributed by atoms with Crippen LogP contribution in [0.2, 0.25) is 0 Å². The molecular formula is C23H25N3O3S2. The third kappa shape index (κ3) is 5.22. The van der Waals surface area contributed by atoms with Gasteiger partial charge >= 0.3 is 0 Å². The van der Waals surface area contributed by atoms with Gasteiger partial charge in [0.05, 0.1) is 12.6 Å². The van der Waals surface area contributed by atoms with Crippen LogP contribution in [-0.4, -0.2) is 56.8 Å². The summed E-state index contributed by atoms with van der Waals surface area (Å²) in [5, 5.41) is 1.70. The van der Waals surface area contributed by atoms with Crippen LogP contribution in [0.5, 0.6) is 0 Å². The van der Waals surface area contributed by atoms with Gasteiger partial charge in [0.15, 0.2) is 0 Å². The molecule has 1 aliphatic rings. The molecule has 3 aromatic rings. The average Bonchev–Trinajstić information content (AvgIpc) is 3.36. The molecule has 1 aliphatic heterocycles. The quantitative estimate of drug-likeness (QED) is 0.595. The van der Waals surface area contributed by atoms with E-state index < -0.39 is 10.0 Å². The predicted octanol–water partition coefficient (Wildman–Crippen LogP) is 2.96. The van der Waals surface area contributed by atoms with E-state index in [1.54, 1.807) is 16.3 Å². The highest BCUT2D eigenvalue weighted by Gasteiger charge is 2.28. The summed E-state index contributed by atoms with van der Waals surface area (Å²) in [6, 6.07) is 24.1. The fourth-order valence-electron chi connectivity index (χ4n) is 3.87. The van der Waals surface area contributed by atoms with Crippen molar-refractivity contribution >= 4 is 27.3 Å². The van der Waals surface area contributed by atoms with Crippen molar-refractivity contribution < 1.29 is 13.2 Å². The van der Waals surface area contributed by atoms with Crippen molar-refractivity contribution in [2.24, 2.45) is 0 Å². The van der Waals surface area contributed by atoms with Gasteiger partial charge in [-0.2, -0.15) is 0 Å². The molecule has 6 nitrogen and oxygen atoms in total. The summed E-state index contributed by atoms with van der Waals surface area (Å²) in [7, 11) is -3.64. The Morgan fingerprint density at radius 3 is 1.97 bits per heavy atom. The Labute approximate surface area is 187 Å². The van der Waals surface area contributed by atoms with Gasteiger partial charge in [-0.3, -0.25) is 9.69 Å². The van der Waals surface area contributed by atoms with Crippen LogP contribution in [0.3, 0.4) is 0 Å². The molecule has 8 heteroatoms. The molecule has 1 amide bonds. The molecular weight excluding hydrogens is 430 g/mol. The van der Waals surface area contributed by atoms with Crippen LogP contribution in [0, 0.1) is 0 Å². The molecule has 0 bridgehead atoms. The summed E-state index contributed by atoms with van der Waals surface area (Å²) in [5.74, 6) is -0.198. The number of hydrogen-bond donors (Lipinski definition) is 1. The maximum Gasteiger partial charge on any atom is 0.250 e. The molecule has 0 saturated carbocycles. The minimum atomic E-state index is -3.64. The van der Waals surface area contributed by atoms with E-state index in [1.165, 1.54) is 17.2 Å². The fraction of sp³-hybridized carbons (Fsp3) is 0.261. The lowest BCUT2D eigenvalue weighted by atomic mass is 9.96. The van der Waals surface area contributed by atoms with Gasteiger partial charge in [0.25, 0.3) is 10.0 Å². The van der Waals surface area contributed by atoms with E-state index in [0.29, 0.717) is 13.1 Å². The summed E-state index contributed by atoms with van der Waals surface area (Å²) in [5.41, 5.74) is 2.44. The third-order valence-electron chi connectivity index (χ3n) is 5.44. The van der Waals surface area contributed by atoms with Gasteiger partial charge in [0.1, 0.15) is 4.21 Å². The Morgan fingerprint density at radius 1 is 0.871 bits per heavy atom. The molecule has 2 heterocycles. The molecule has 1 saturated heterocycles. The molecule has 1 fully saturated rings. The van der Waals surface area contributed by atoms with E-state index in [-0.39, 0.29) is 22.7 Å². The Morgan fingerprint density at radius 2 is 1.45 bits per heavy atom. The Bertz CT molecular complexity index is 1040. The first-order valence-corrected chi connectivity index (χ1v) is 12.6. The molecule has 162 valence electrons. The summed E-state index contributed by atoms with van der Waals surface area (Å²) >= 11 is 1.13. The van der Waals surface area contributed by atoms with Crippen LogP contribution in [0.4, 0.5) is 0 Å². The topological polar surface area (TPSA) is 69.7 Å². The minimum Gasteiger partial charge on any atom is -0.339 e. The fourth-order valence-corrected chi connectivity index (χ4v) is 5.88. The second-order valence-electron chi connectivity index (χ2n) is 7.40. The standard InChI is InChI=1S/C23H25N3O3S2/c27-21(18-24-31(28,29)22-12-7-17-30-22)25-13-15-26(16-14-25)23(19-8-3-1-4-9-19)20-10-5-2-6-11-20/h1-12,17,23-24H,13-16,18H2. The number of nitrogens with zero attached hydrogens (tertiary/aromatic N) is 2. The van der Waals surface area contributed by atoms with Gasteiger partial charge in [-0.05, 0) is 22.6 Å². The van der Waals surface area contributed by atoms with Crippen LogP contribution in [0.25, 0.3) is 0 Å². The van der Waals surface area contributed by atoms with Crippen molar-refractivity contribution in [2.75, 3.05) is 32.7 Å². The zero-order valence-electron chi connectivity index (χ0n) is 17.1. The van der Waals surface area contributed by atoms with Crippen molar-refractivity contribution in [3.8, 4) is 0 Å². The second-order valence-corrected chi connectivity index (χ2v) is 10.3. The van der Waals surface area contributed by atoms with Gasteiger partial charge < -0.3 is 4.90 Å². The largest absolute Gasteiger partial charge is 0.339 e. The Kier molecular flexibility index (Phi) is 6.82. The SMILES string of the molecule is O=C(CNS(=O)(=O)c1cccs1)N1CCN(C(c2ccccc2)c2ccccc2)CC1. The highest BCUT2D eigenvalue weighted by molar-refractivity contribution is 7.91. The van der Waals surface area contributed by atoms with E-state index in [4.69, 9.17) is 0 Å². The summed E-state index contributed by atoms with van der Waals surface area (Å²) in [6.45, 7) is 2.35. The van der Waals surface area contributed by atoms with Gasteiger partial charge in [-0.25, -0.2) is 13.1 Å². The van der Waals surface area contributed by atoms with Crippen LogP contribution >= 0.6 is 11.3 Å². The van der Waals surface area contributed by atoms with E-state index in [2.05, 4.69) is 33.9 Å². The van der Waals surface area contributed by atoms with Crippen molar-refractivity contribution in [3.05, 3.63) is 89.3 Å². The maximum atomic E-state index is 12.6. The monoisotopic (exact) mass is 455 g/mol. The lowest BCUT2D eigenvalue weighted by Gasteiger charge is -2.39. The number of hydrogen-bond acceptors (Lipinski definition) is 5. The zero-order chi connectivity index (χ0) is 21.7. The van der Waals surface area contributed by atoms with Crippen molar-refractivity contribution in [3.63, 3.8) is 0 Å². The number of benzene rings is 2. The summed E-state index contributed by atoms with van der Waals surface area (Å²) in [4.78, 5) is 16.7. The molecule has 0 spiro atoms. The zero-order valence-corrected chi connectivity index (χ0v) is 18.7. The normalized spacial score (nSPS) is 15.3. The Balaban J connectivity index is 1.39. The number of sulfonamides is 1. The third-order valence-corrected chi connectivity index (χ3v) is 8.23. The first kappa shape index (κ1) is 21.7. The lowest BCUT2D eigenvalue weighted by Crippen LogP contribution is -2.52. The van der Waals surface area contributed by atoms with E-state index >= 15 is 0 Å². The lowest BCUT2D eigenvalue weighted by molar-refractivity contribution is -0.131. The molecule has 1 aromatic heterocycles. The number of thiophene rings is 1. The van der Waals surface area contributed by atoms with Gasteiger partial charge in [-0.1, -0.05) is 66.7 Å². The van der Waals surface area contributed by atoms with Gasteiger partial charge in [0.2, 0.25) is 5.91 Å². The maximum absolute atomic E-state index is 12.6. The van der Waals surface area contributed by atoms with E-state index in [1.807, 2.05) is 36.4 Å². The van der Waals surface area contributed by atoms with Crippen molar-refractivity contribution in [1.29, 1.82) is 0 Å². The van der Waals surface area contributed by atoms with Crippen LogP contribution in [-0.2, 0) is 14.8 Å². The molecule has 2 aromatic carbocycles. The van der Waals surface area contributed by atoms with Crippen molar-refractivity contribution in [1.82, 2.24) is 14.5 Å². The molecule has 0 unspecified atom stereocenters. The van der Waals surface area contributed by atoms with Crippen LogP contribution in [0.1, 0.15) is 17.2 Å². The highest BCUT2D eigenvalue weighted by atomic mass is 32.2. The molecule has 1 N–H and O–H groups in total. The smallest absolute Gasteiger partial charge is 0.250 e. The molecule has 4 rings (SSSR count). The number of rotatable bonds is 7. The molecule has 0 radical (unpaired) electrons. The first-order chi connectivity index (χ1) is 15.0.